The number of oxime groups is 2. The van der Waals surface area contributed by atoms with Crippen molar-refractivity contribution >= 4 is 35.8 Å². The highest BCUT2D eigenvalue weighted by Crippen LogP contribution is 2.42. The molecule has 0 aliphatic rings. The molecular formula is C24H33N3O3P2. The molecule has 1 N–H and O–H groups in total. The lowest BCUT2D eigenvalue weighted by Crippen LogP contribution is -2.29. The molecule has 0 saturated carbocycles. The largest absolute Gasteiger partial charge is 0.398 e. The Morgan fingerprint density at radius 1 is 1.06 bits per heavy atom. The Balaban J connectivity index is 2.40. The average Bonchev–Trinajstić information content (AvgIpc) is 2.73. The first kappa shape index (κ1) is 26.0. The number of nitrogens with zero attached hydrogens (tertiary/aromatic N) is 2. The number of hydrogen-bond donors (Lipinski definition) is 1. The third-order valence-electron chi connectivity index (χ3n) is 5.36. The minimum Gasteiger partial charge on any atom is -0.398 e. The van der Waals surface area contributed by atoms with E-state index in [1.165, 1.54) is 23.8 Å². The van der Waals surface area contributed by atoms with Gasteiger partial charge in [-0.3, -0.25) is 4.79 Å². The highest BCUT2D eigenvalue weighted by Gasteiger charge is 2.23. The molecule has 1 amide bonds. The lowest BCUT2D eigenvalue weighted by atomic mass is 9.93. The van der Waals surface area contributed by atoms with Crippen molar-refractivity contribution in [1.29, 1.82) is 0 Å². The number of carbonyl (C=O) groups is 1. The number of hydrogen-bond acceptors (Lipinski definition) is 5. The Morgan fingerprint density at radius 3 is 2.34 bits per heavy atom. The van der Waals surface area contributed by atoms with E-state index >= 15 is 0 Å². The zero-order valence-corrected chi connectivity index (χ0v) is 22.2. The van der Waals surface area contributed by atoms with E-state index in [1.807, 2.05) is 32.0 Å². The van der Waals surface area contributed by atoms with Crippen LogP contribution < -0.4 is 5.32 Å². The smallest absolute Gasteiger partial charge is 0.273 e. The van der Waals surface area contributed by atoms with Crippen LogP contribution in [-0.2, 0) is 26.0 Å². The lowest BCUT2D eigenvalue weighted by Gasteiger charge is -2.26. The summed E-state index contributed by atoms with van der Waals surface area (Å²) in [6, 6.07) is 9.84. The summed E-state index contributed by atoms with van der Waals surface area (Å²) in [5, 5.41) is 10.9. The molecule has 0 saturated heterocycles. The molecule has 0 aliphatic carbocycles. The number of likely N-dealkylation sites (N-methyl/N-ethyl adjacent to an activating group) is 1. The van der Waals surface area contributed by atoms with Gasteiger partial charge in [0.15, 0.2) is 5.71 Å². The molecule has 6 nitrogen and oxygen atoms in total. The average molecular weight is 473 g/mol. The molecular weight excluding hydrogens is 440 g/mol. The van der Waals surface area contributed by atoms with Gasteiger partial charge in [-0.25, -0.2) is 0 Å². The Morgan fingerprint density at radius 2 is 1.75 bits per heavy atom. The fourth-order valence-electron chi connectivity index (χ4n) is 3.59. The van der Waals surface area contributed by atoms with Gasteiger partial charge in [0, 0.05) is 28.6 Å². The molecule has 2 atom stereocenters. The maximum atomic E-state index is 12.3. The quantitative estimate of drug-likeness (QED) is 0.347. The van der Waals surface area contributed by atoms with Crippen LogP contribution in [0.15, 0.2) is 40.6 Å². The molecule has 32 heavy (non-hydrogen) atoms. The number of benzene rings is 2. The van der Waals surface area contributed by atoms with Crippen LogP contribution in [0.5, 0.6) is 0 Å². The minimum absolute atomic E-state index is 0.190. The van der Waals surface area contributed by atoms with Gasteiger partial charge in [0.05, 0.1) is 5.71 Å². The van der Waals surface area contributed by atoms with Crippen LogP contribution in [0, 0.1) is 20.8 Å². The number of rotatable bonds is 8. The molecule has 2 rings (SSSR count). The summed E-state index contributed by atoms with van der Waals surface area (Å²) in [5.74, 6) is -0.335. The zero-order valence-electron chi connectivity index (χ0n) is 19.9. The first-order valence-electron chi connectivity index (χ1n) is 10.3. The van der Waals surface area contributed by atoms with Crippen molar-refractivity contribution in [3.8, 4) is 0 Å². The van der Waals surface area contributed by atoms with Crippen LogP contribution >= 0.6 is 18.5 Å². The normalized spacial score (nSPS) is 12.5. The van der Waals surface area contributed by atoms with Crippen LogP contribution in [0.2, 0.25) is 0 Å². The van der Waals surface area contributed by atoms with Gasteiger partial charge in [0.1, 0.15) is 13.7 Å². The highest BCUT2D eigenvalue weighted by atomic mass is 31.1. The van der Waals surface area contributed by atoms with E-state index < -0.39 is 0 Å². The lowest BCUT2D eigenvalue weighted by molar-refractivity contribution is -0.114. The number of nitrogens with one attached hydrogen (secondary N) is 1. The zero-order chi connectivity index (χ0) is 24.1. The molecule has 2 aromatic rings. The Hall–Kier alpha value is -2.29. The van der Waals surface area contributed by atoms with Gasteiger partial charge in [-0.1, -0.05) is 40.6 Å². The number of carbonyl (C=O) groups excluding carboxylic acids is 1. The van der Waals surface area contributed by atoms with Gasteiger partial charge in [-0.05, 0) is 56.9 Å². The molecule has 0 radical (unpaired) electrons. The first-order valence-corrected chi connectivity index (χ1v) is 11.5. The summed E-state index contributed by atoms with van der Waals surface area (Å²) in [5.41, 5.74) is 8.12. The Kier molecular flexibility index (Phi) is 8.95. The van der Waals surface area contributed by atoms with Crippen molar-refractivity contribution in [3.63, 3.8) is 0 Å². The molecule has 172 valence electrons. The van der Waals surface area contributed by atoms with Crippen LogP contribution in [0.25, 0.3) is 0 Å². The van der Waals surface area contributed by atoms with Crippen LogP contribution in [0.4, 0.5) is 0 Å². The summed E-state index contributed by atoms with van der Waals surface area (Å²) >= 11 is 0. The molecule has 8 heteroatoms. The Bertz CT molecular complexity index is 1060. The van der Waals surface area contributed by atoms with E-state index in [-0.39, 0.29) is 23.1 Å². The van der Waals surface area contributed by atoms with Gasteiger partial charge < -0.3 is 15.0 Å². The van der Waals surface area contributed by atoms with Crippen molar-refractivity contribution in [2.75, 3.05) is 14.2 Å². The Labute approximate surface area is 195 Å². The molecule has 0 heterocycles. The third kappa shape index (κ3) is 5.94. The van der Waals surface area contributed by atoms with Crippen LogP contribution in [0.3, 0.4) is 0 Å². The van der Waals surface area contributed by atoms with Crippen molar-refractivity contribution in [2.45, 2.75) is 46.1 Å². The molecule has 0 fully saturated rings. The fraction of sp³-hybridized carbons (Fsp3) is 0.375. The predicted molar refractivity (Wildman–Crippen MR) is 138 cm³/mol. The third-order valence-corrected chi connectivity index (χ3v) is 5.94. The van der Waals surface area contributed by atoms with Crippen LogP contribution in [-0.4, -0.2) is 31.5 Å². The fourth-order valence-corrected chi connectivity index (χ4v) is 4.34. The second-order valence-electron chi connectivity index (χ2n) is 7.97. The van der Waals surface area contributed by atoms with Gasteiger partial charge in [0.25, 0.3) is 5.91 Å². The number of amides is 1. The van der Waals surface area contributed by atoms with Gasteiger partial charge in [-0.15, -0.1) is 18.5 Å². The van der Waals surface area contributed by atoms with E-state index in [9.17, 15) is 4.79 Å². The maximum Gasteiger partial charge on any atom is 0.273 e. The molecule has 0 aromatic heterocycles. The monoisotopic (exact) mass is 473 g/mol. The summed E-state index contributed by atoms with van der Waals surface area (Å²) in [7, 11) is 8.73. The topological polar surface area (TPSA) is 72.3 Å². The molecule has 0 aliphatic heterocycles. The second-order valence-corrected chi connectivity index (χ2v) is 11.0. The summed E-state index contributed by atoms with van der Waals surface area (Å²) in [6.07, 6.45) is 0. The SMILES string of the molecule is CNC(=O)/C(=N/OC)c1cccc(C)c1CO/N=C(\C)c1ccc(C)c(C)c1C(C)(P)P. The van der Waals surface area contributed by atoms with Crippen molar-refractivity contribution in [1.82, 2.24) is 5.32 Å². The molecule has 0 spiro atoms. The maximum absolute atomic E-state index is 12.3. The standard InChI is InChI=1S/C24H33N3O3P2/c1-14-11-12-18(21(16(14)3)24(5,31)32)17(4)26-30-13-20-15(2)9-8-10-19(20)22(27-29-7)23(28)25-6/h8-12H,13,31-32H2,1-7H3,(H,25,28)/b26-17+,27-22+. The van der Waals surface area contributed by atoms with E-state index in [1.54, 1.807) is 7.05 Å². The summed E-state index contributed by atoms with van der Waals surface area (Å²) in [6.45, 7) is 10.5. The second kappa shape index (κ2) is 11.0. The summed E-state index contributed by atoms with van der Waals surface area (Å²) in [4.78, 5) is 22.8. The predicted octanol–water partition coefficient (Wildman–Crippen LogP) is 4.57. The van der Waals surface area contributed by atoms with E-state index in [0.29, 0.717) is 5.56 Å². The van der Waals surface area contributed by atoms with E-state index in [0.717, 1.165) is 22.4 Å². The molecule has 2 unspecified atom stereocenters. The van der Waals surface area contributed by atoms with E-state index in [4.69, 9.17) is 9.68 Å². The van der Waals surface area contributed by atoms with Gasteiger partial charge in [0.2, 0.25) is 0 Å². The first-order chi connectivity index (χ1) is 15.0. The molecule has 0 bridgehead atoms. The highest BCUT2D eigenvalue weighted by molar-refractivity contribution is 7.39. The summed E-state index contributed by atoms with van der Waals surface area (Å²) < 4.78 is 0. The van der Waals surface area contributed by atoms with Crippen molar-refractivity contribution in [2.24, 2.45) is 10.3 Å². The van der Waals surface area contributed by atoms with Crippen molar-refractivity contribution < 1.29 is 14.5 Å². The van der Waals surface area contributed by atoms with Gasteiger partial charge in [-0.2, -0.15) is 0 Å². The molecule has 2 aromatic carbocycles. The van der Waals surface area contributed by atoms with Crippen molar-refractivity contribution in [3.05, 3.63) is 69.3 Å². The van der Waals surface area contributed by atoms with E-state index in [2.05, 4.69) is 67.0 Å². The van der Waals surface area contributed by atoms with Crippen LogP contribution in [0.1, 0.15) is 52.8 Å². The van der Waals surface area contributed by atoms with Gasteiger partial charge >= 0.3 is 0 Å². The minimum atomic E-state index is -0.335. The number of aryl methyl sites for hydroxylation is 2.